The Balaban J connectivity index is 0.818. The smallest absolute Gasteiger partial charge is 0.0629 e. The van der Waals surface area contributed by atoms with Crippen LogP contribution in [-0.2, 0) is 10.8 Å². The van der Waals surface area contributed by atoms with Crippen LogP contribution in [0.1, 0.15) is 61.4 Å². The molecule has 0 spiro atoms. The van der Waals surface area contributed by atoms with E-state index in [1.165, 1.54) is 99.7 Å². The van der Waals surface area contributed by atoms with Gasteiger partial charge >= 0.3 is 0 Å². The van der Waals surface area contributed by atoms with Crippen LogP contribution in [0.5, 0.6) is 0 Å². The lowest BCUT2D eigenvalue weighted by atomic mass is 9.79. The third-order valence-electron chi connectivity index (χ3n) is 18.2. The van der Waals surface area contributed by atoms with Gasteiger partial charge in [0.25, 0.3) is 0 Å². The largest absolute Gasteiger partial charge is 0.333 e. The summed E-state index contributed by atoms with van der Waals surface area (Å²) in [4.78, 5) is 7.48. The number of hydrogen-bond donors (Lipinski definition) is 0. The van der Waals surface area contributed by atoms with Crippen molar-refractivity contribution < 1.29 is 0 Å². The van der Waals surface area contributed by atoms with Crippen molar-refractivity contribution in [2.75, 3.05) is 14.7 Å². The van der Waals surface area contributed by atoms with Crippen LogP contribution in [0.4, 0.5) is 45.5 Å². The molecule has 4 heteroatoms. The summed E-state index contributed by atoms with van der Waals surface area (Å²) in [5, 5.41) is 4.99. The quantitative estimate of drug-likeness (QED) is 0.151. The monoisotopic (exact) mass is 1030 g/mol. The van der Waals surface area contributed by atoms with Crippen LogP contribution in [0.2, 0.25) is 0 Å². The molecule has 382 valence electrons. The number of nitrogens with zero attached hydrogens (tertiary/aromatic N) is 4. The molecule has 0 N–H and O–H groups in total. The Kier molecular flexibility index (Phi) is 10.1. The zero-order valence-electron chi connectivity index (χ0n) is 45.3. The first-order valence-electron chi connectivity index (χ1n) is 28.3. The number of aromatic nitrogens is 1. The van der Waals surface area contributed by atoms with E-state index in [0.29, 0.717) is 0 Å². The Hall–Kier alpha value is -9.64. The highest BCUT2D eigenvalue weighted by atomic mass is 15.2. The molecule has 0 fully saturated rings. The van der Waals surface area contributed by atoms with Gasteiger partial charge in [0.15, 0.2) is 0 Å². The molecule has 0 amide bonds. The summed E-state index contributed by atoms with van der Waals surface area (Å²) < 4.78 is 2.39. The van der Waals surface area contributed by atoms with Crippen molar-refractivity contribution in [3.05, 3.63) is 295 Å². The fourth-order valence-corrected chi connectivity index (χ4v) is 14.4. The van der Waals surface area contributed by atoms with E-state index in [4.69, 9.17) is 0 Å². The van der Waals surface area contributed by atoms with Crippen molar-refractivity contribution in [1.82, 2.24) is 4.57 Å². The van der Waals surface area contributed by atoms with Gasteiger partial charge in [-0.15, -0.1) is 0 Å². The molecular formula is C76H58N4. The fraction of sp³-hybridized carbons (Fsp3) is 0.105. The van der Waals surface area contributed by atoms with Gasteiger partial charge < -0.3 is 19.3 Å². The number of benzene rings is 11. The number of allylic oxidation sites excluding steroid dienone is 2. The highest BCUT2D eigenvalue weighted by molar-refractivity contribution is 6.12. The van der Waals surface area contributed by atoms with E-state index in [2.05, 4.69) is 314 Å². The van der Waals surface area contributed by atoms with E-state index < -0.39 is 0 Å². The third kappa shape index (κ3) is 6.75. The number of hydrogen-bond acceptors (Lipinski definition) is 3. The zero-order chi connectivity index (χ0) is 53.4. The second-order valence-electron chi connectivity index (χ2n) is 23.3. The molecule has 16 rings (SSSR count). The van der Waals surface area contributed by atoms with Gasteiger partial charge in [-0.1, -0.05) is 173 Å². The summed E-state index contributed by atoms with van der Waals surface area (Å²) in [6.45, 7) is 9.76. The van der Waals surface area contributed by atoms with Crippen LogP contribution < -0.4 is 14.7 Å². The second-order valence-corrected chi connectivity index (χ2v) is 23.3. The van der Waals surface area contributed by atoms with E-state index in [0.717, 1.165) is 34.1 Å². The maximum absolute atomic E-state index is 2.58. The van der Waals surface area contributed by atoms with E-state index in [1.54, 1.807) is 0 Å². The summed E-state index contributed by atoms with van der Waals surface area (Å²) in [6, 6.07) is 90.7. The molecule has 3 aliphatic carbocycles. The van der Waals surface area contributed by atoms with Gasteiger partial charge in [0.2, 0.25) is 0 Å². The Labute approximate surface area is 468 Å². The van der Waals surface area contributed by atoms with Crippen molar-refractivity contribution in [3.63, 3.8) is 0 Å². The predicted molar refractivity (Wildman–Crippen MR) is 336 cm³/mol. The van der Waals surface area contributed by atoms with Gasteiger partial charge in [-0.25, -0.2) is 0 Å². The van der Waals surface area contributed by atoms with Crippen molar-refractivity contribution in [2.45, 2.75) is 50.5 Å². The normalized spacial score (nSPS) is 16.6. The van der Waals surface area contributed by atoms with E-state index in [-0.39, 0.29) is 22.8 Å². The molecule has 1 aromatic heterocycles. The third-order valence-corrected chi connectivity index (χ3v) is 18.2. The molecule has 2 unspecified atom stereocenters. The van der Waals surface area contributed by atoms with Gasteiger partial charge in [-0.2, -0.15) is 0 Å². The number of para-hydroxylation sites is 5. The van der Waals surface area contributed by atoms with Crippen LogP contribution in [0.25, 0.3) is 60.5 Å². The van der Waals surface area contributed by atoms with Crippen LogP contribution in [-0.4, -0.2) is 10.6 Å². The molecule has 0 radical (unpaired) electrons. The van der Waals surface area contributed by atoms with Crippen LogP contribution in [0.15, 0.2) is 267 Å². The molecule has 0 bridgehead atoms. The molecule has 80 heavy (non-hydrogen) atoms. The van der Waals surface area contributed by atoms with Crippen LogP contribution >= 0.6 is 0 Å². The van der Waals surface area contributed by atoms with Crippen molar-refractivity contribution >= 4 is 78.1 Å². The number of fused-ring (bicyclic) bond motifs is 14. The summed E-state index contributed by atoms with van der Waals surface area (Å²) in [6.07, 6.45) is 9.17. The Morgan fingerprint density at radius 3 is 1.65 bits per heavy atom. The SMILES string of the molecule is CC1(C)c2cc(N(c3ccccc3)c3ccc4c(c3)c3ccccc3n4-c3ccccc3)ccc2-c2cc3c(cc21)-c1c(cc(N(c2ccccc2)c2ccc4c(c2)C2C=CC=CC2N4c2ccccc2)c2ccccc12)C3(C)C. The van der Waals surface area contributed by atoms with Gasteiger partial charge in [0.1, 0.15) is 0 Å². The first-order valence-corrected chi connectivity index (χ1v) is 28.3. The summed E-state index contributed by atoms with van der Waals surface area (Å²) >= 11 is 0. The minimum absolute atomic E-state index is 0.213. The fourth-order valence-electron chi connectivity index (χ4n) is 14.4. The van der Waals surface area contributed by atoms with Crippen molar-refractivity contribution in [3.8, 4) is 27.9 Å². The number of anilines is 8. The molecule has 0 saturated heterocycles. The maximum atomic E-state index is 2.58. The molecular weight excluding hydrogens is 969 g/mol. The first-order chi connectivity index (χ1) is 39.2. The van der Waals surface area contributed by atoms with Gasteiger partial charge in [-0.3, -0.25) is 0 Å². The van der Waals surface area contributed by atoms with Crippen molar-refractivity contribution in [1.29, 1.82) is 0 Å². The van der Waals surface area contributed by atoms with E-state index in [1.807, 2.05) is 0 Å². The van der Waals surface area contributed by atoms with E-state index >= 15 is 0 Å². The standard InChI is InChI=1S/C76H58N4/c1-75(2)65-45-55(77(49-23-9-5-10-24-49)53-38-41-71-62(43-53)58-32-19-21-35-69(58)79(71)51-27-13-7-14-28-51)37-40-56(65)61-46-67-64(47-66(61)75)74-60-34-18-17-31-57(60)73(48-68(74)76(67,3)4)78(50-25-11-6-12-26-50)54-39-42-72-63(44-54)59-33-20-22-36-70(59)80(72)52-29-15-8-16-30-52/h5-48,59,70H,1-4H3. The zero-order valence-corrected chi connectivity index (χ0v) is 45.3. The maximum Gasteiger partial charge on any atom is 0.0629 e. The van der Waals surface area contributed by atoms with Gasteiger partial charge in [0, 0.05) is 78.4 Å². The molecule has 4 nitrogen and oxygen atoms in total. The highest BCUT2D eigenvalue weighted by Gasteiger charge is 2.44. The molecule has 2 atom stereocenters. The lowest BCUT2D eigenvalue weighted by molar-refractivity contribution is 0.652. The van der Waals surface area contributed by atoms with Crippen LogP contribution in [0, 0.1) is 0 Å². The molecule has 11 aromatic carbocycles. The summed E-state index contributed by atoms with van der Waals surface area (Å²) in [5.41, 5.74) is 24.5. The molecule has 12 aromatic rings. The number of rotatable bonds is 8. The summed E-state index contributed by atoms with van der Waals surface area (Å²) in [5.74, 6) is 0.235. The first kappa shape index (κ1) is 46.5. The van der Waals surface area contributed by atoms with Gasteiger partial charge in [0.05, 0.1) is 22.8 Å². The molecule has 2 heterocycles. The Morgan fingerprint density at radius 1 is 0.362 bits per heavy atom. The average molecular weight is 1030 g/mol. The lowest BCUT2D eigenvalue weighted by Gasteiger charge is -2.30. The average Bonchev–Trinajstić information content (AvgIpc) is 3.83. The Bertz CT molecular complexity index is 4550. The highest BCUT2D eigenvalue weighted by Crippen LogP contribution is 2.60. The predicted octanol–water partition coefficient (Wildman–Crippen LogP) is 20.2. The lowest BCUT2D eigenvalue weighted by Crippen LogP contribution is -2.28. The second kappa shape index (κ2) is 17.4. The molecule has 4 aliphatic rings. The van der Waals surface area contributed by atoms with Crippen LogP contribution in [0.3, 0.4) is 0 Å². The Morgan fingerprint density at radius 2 is 0.900 bits per heavy atom. The van der Waals surface area contributed by atoms with Gasteiger partial charge in [-0.05, 0) is 177 Å². The summed E-state index contributed by atoms with van der Waals surface area (Å²) in [7, 11) is 0. The van der Waals surface area contributed by atoms with Crippen molar-refractivity contribution in [2.24, 2.45) is 0 Å². The molecule has 0 saturated carbocycles. The minimum Gasteiger partial charge on any atom is -0.333 e. The molecule has 1 aliphatic heterocycles. The topological polar surface area (TPSA) is 14.7 Å². The van der Waals surface area contributed by atoms with E-state index in [9.17, 15) is 0 Å². The minimum atomic E-state index is -0.291.